The normalized spacial score (nSPS) is 19.9. The molecule has 1 amide bonds. The standard InChI is InChI=1S/C15H26N2O2/c1-14(2,3)19-11-13(18)17-15(12-16)9-7-5-4-6-8-10-15/h4-11H2,1-3H3,(H,17,18). The second kappa shape index (κ2) is 6.91. The summed E-state index contributed by atoms with van der Waals surface area (Å²) in [5.74, 6) is -0.183. The highest BCUT2D eigenvalue weighted by molar-refractivity contribution is 5.78. The van der Waals surface area contributed by atoms with Gasteiger partial charge >= 0.3 is 0 Å². The van der Waals surface area contributed by atoms with Gasteiger partial charge in [0.1, 0.15) is 12.1 Å². The molecule has 1 N–H and O–H groups in total. The Kier molecular flexibility index (Phi) is 5.81. The van der Waals surface area contributed by atoms with Crippen LogP contribution in [0.4, 0.5) is 0 Å². The molecule has 0 aromatic heterocycles. The van der Waals surface area contributed by atoms with E-state index in [9.17, 15) is 10.1 Å². The molecule has 4 heteroatoms. The van der Waals surface area contributed by atoms with Crippen LogP contribution in [0.3, 0.4) is 0 Å². The molecule has 0 radical (unpaired) electrons. The summed E-state index contributed by atoms with van der Waals surface area (Å²) in [6, 6.07) is 2.33. The van der Waals surface area contributed by atoms with Gasteiger partial charge < -0.3 is 10.1 Å². The third-order valence-corrected chi connectivity index (χ3v) is 3.44. The molecule has 0 aromatic rings. The molecular formula is C15H26N2O2. The highest BCUT2D eigenvalue weighted by Gasteiger charge is 2.32. The van der Waals surface area contributed by atoms with Gasteiger partial charge in [-0.3, -0.25) is 4.79 Å². The Balaban J connectivity index is 2.54. The van der Waals surface area contributed by atoms with Crippen molar-refractivity contribution in [3.05, 3.63) is 0 Å². The van der Waals surface area contributed by atoms with Crippen LogP contribution in [0.5, 0.6) is 0 Å². The zero-order valence-corrected chi connectivity index (χ0v) is 12.4. The molecule has 0 aromatic carbocycles. The van der Waals surface area contributed by atoms with Crippen molar-refractivity contribution in [2.75, 3.05) is 6.61 Å². The summed E-state index contributed by atoms with van der Waals surface area (Å²) in [6.45, 7) is 5.76. The summed E-state index contributed by atoms with van der Waals surface area (Å²) in [4.78, 5) is 11.9. The number of carbonyl (C=O) groups excluding carboxylic acids is 1. The van der Waals surface area contributed by atoms with Crippen LogP contribution in [-0.4, -0.2) is 23.7 Å². The number of nitrogens with one attached hydrogen (secondary N) is 1. The maximum absolute atomic E-state index is 11.9. The summed E-state index contributed by atoms with van der Waals surface area (Å²) in [6.07, 6.45) is 7.07. The lowest BCUT2D eigenvalue weighted by molar-refractivity contribution is -0.132. The van der Waals surface area contributed by atoms with E-state index in [-0.39, 0.29) is 18.1 Å². The molecular weight excluding hydrogens is 240 g/mol. The molecule has 1 rings (SSSR count). The Morgan fingerprint density at radius 1 is 1.21 bits per heavy atom. The number of ether oxygens (including phenoxy) is 1. The van der Waals surface area contributed by atoms with Crippen molar-refractivity contribution >= 4 is 5.91 Å². The first-order valence-electron chi connectivity index (χ1n) is 7.23. The molecule has 108 valence electrons. The van der Waals surface area contributed by atoms with Crippen LogP contribution in [0, 0.1) is 11.3 Å². The molecule has 1 aliphatic carbocycles. The van der Waals surface area contributed by atoms with Crippen molar-refractivity contribution in [1.29, 1.82) is 5.26 Å². The number of nitrogens with zero attached hydrogens (tertiary/aromatic N) is 1. The van der Waals surface area contributed by atoms with Crippen LogP contribution >= 0.6 is 0 Å². The van der Waals surface area contributed by atoms with E-state index in [1.807, 2.05) is 20.8 Å². The summed E-state index contributed by atoms with van der Waals surface area (Å²) in [5, 5.41) is 12.3. The molecule has 1 aliphatic rings. The molecule has 0 aliphatic heterocycles. The number of nitriles is 1. The topological polar surface area (TPSA) is 62.1 Å². The van der Waals surface area contributed by atoms with Gasteiger partial charge in [0.2, 0.25) is 5.91 Å². The van der Waals surface area contributed by atoms with Crippen molar-refractivity contribution < 1.29 is 9.53 Å². The third kappa shape index (κ3) is 6.07. The van der Waals surface area contributed by atoms with Gasteiger partial charge in [-0.15, -0.1) is 0 Å². The second-order valence-electron chi connectivity index (χ2n) is 6.41. The SMILES string of the molecule is CC(C)(C)OCC(=O)NC1(C#N)CCCCCCC1. The van der Waals surface area contributed by atoms with E-state index in [1.165, 1.54) is 6.42 Å². The van der Waals surface area contributed by atoms with Crippen molar-refractivity contribution in [3.8, 4) is 6.07 Å². The number of hydrogen-bond donors (Lipinski definition) is 1. The van der Waals surface area contributed by atoms with Crippen molar-refractivity contribution in [3.63, 3.8) is 0 Å². The molecule has 0 heterocycles. The average Bonchev–Trinajstić information content (AvgIpc) is 2.29. The number of amides is 1. The minimum atomic E-state index is -0.682. The number of rotatable bonds is 3. The van der Waals surface area contributed by atoms with Gasteiger partial charge in [0.25, 0.3) is 0 Å². The Morgan fingerprint density at radius 2 is 1.74 bits per heavy atom. The Labute approximate surface area is 116 Å². The van der Waals surface area contributed by atoms with Crippen LogP contribution < -0.4 is 5.32 Å². The molecule has 0 atom stereocenters. The first-order chi connectivity index (χ1) is 8.87. The molecule has 0 unspecified atom stereocenters. The quantitative estimate of drug-likeness (QED) is 0.854. The maximum atomic E-state index is 11.9. The van der Waals surface area contributed by atoms with Crippen LogP contribution in [0.1, 0.15) is 65.7 Å². The average molecular weight is 266 g/mol. The molecule has 19 heavy (non-hydrogen) atoms. The maximum Gasteiger partial charge on any atom is 0.247 e. The van der Waals surface area contributed by atoms with Crippen molar-refractivity contribution in [1.82, 2.24) is 5.32 Å². The number of hydrogen-bond acceptors (Lipinski definition) is 3. The van der Waals surface area contributed by atoms with E-state index in [0.717, 1.165) is 38.5 Å². The Hall–Kier alpha value is -1.08. The van der Waals surface area contributed by atoms with Gasteiger partial charge in [-0.1, -0.05) is 32.1 Å². The largest absolute Gasteiger partial charge is 0.366 e. The minimum Gasteiger partial charge on any atom is -0.366 e. The van der Waals surface area contributed by atoms with E-state index in [0.29, 0.717) is 0 Å². The van der Waals surface area contributed by atoms with Gasteiger partial charge in [-0.25, -0.2) is 0 Å². The lowest BCUT2D eigenvalue weighted by Crippen LogP contribution is -2.49. The zero-order valence-electron chi connectivity index (χ0n) is 12.4. The molecule has 0 spiro atoms. The van der Waals surface area contributed by atoms with Gasteiger partial charge in [0, 0.05) is 0 Å². The summed E-state index contributed by atoms with van der Waals surface area (Å²) in [7, 11) is 0. The summed E-state index contributed by atoms with van der Waals surface area (Å²) in [5.41, 5.74) is -1.02. The fourth-order valence-corrected chi connectivity index (χ4v) is 2.36. The first kappa shape index (κ1) is 16.0. The van der Waals surface area contributed by atoms with Crippen molar-refractivity contribution in [2.24, 2.45) is 0 Å². The highest BCUT2D eigenvalue weighted by Crippen LogP contribution is 2.25. The predicted molar refractivity (Wildman–Crippen MR) is 74.5 cm³/mol. The van der Waals surface area contributed by atoms with Crippen LogP contribution in [0.25, 0.3) is 0 Å². The summed E-state index contributed by atoms with van der Waals surface area (Å²) < 4.78 is 5.46. The first-order valence-corrected chi connectivity index (χ1v) is 7.23. The smallest absolute Gasteiger partial charge is 0.247 e. The van der Waals surface area contributed by atoms with E-state index >= 15 is 0 Å². The fraction of sp³-hybridized carbons (Fsp3) is 0.867. The van der Waals surface area contributed by atoms with E-state index in [4.69, 9.17) is 4.74 Å². The van der Waals surface area contributed by atoms with E-state index < -0.39 is 5.54 Å². The third-order valence-electron chi connectivity index (χ3n) is 3.44. The molecule has 0 bridgehead atoms. The number of carbonyl (C=O) groups is 1. The lowest BCUT2D eigenvalue weighted by atomic mass is 9.85. The monoisotopic (exact) mass is 266 g/mol. The molecule has 1 fully saturated rings. The Bertz CT molecular complexity index is 331. The minimum absolute atomic E-state index is 0.0208. The van der Waals surface area contributed by atoms with Crippen LogP contribution in [0.2, 0.25) is 0 Å². The second-order valence-corrected chi connectivity index (χ2v) is 6.41. The van der Waals surface area contributed by atoms with Gasteiger partial charge in [0.15, 0.2) is 0 Å². The molecule has 4 nitrogen and oxygen atoms in total. The van der Waals surface area contributed by atoms with E-state index in [2.05, 4.69) is 11.4 Å². The molecule has 1 saturated carbocycles. The van der Waals surface area contributed by atoms with Crippen LogP contribution in [-0.2, 0) is 9.53 Å². The zero-order chi connectivity index (χ0) is 14.4. The van der Waals surface area contributed by atoms with Crippen LogP contribution in [0.15, 0.2) is 0 Å². The predicted octanol–water partition coefficient (Wildman–Crippen LogP) is 2.92. The Morgan fingerprint density at radius 3 is 2.21 bits per heavy atom. The van der Waals surface area contributed by atoms with E-state index in [1.54, 1.807) is 0 Å². The van der Waals surface area contributed by atoms with Gasteiger partial charge in [0.05, 0.1) is 11.7 Å². The highest BCUT2D eigenvalue weighted by atomic mass is 16.5. The summed E-state index contributed by atoms with van der Waals surface area (Å²) >= 11 is 0. The molecule has 0 saturated heterocycles. The lowest BCUT2D eigenvalue weighted by Gasteiger charge is -2.30. The van der Waals surface area contributed by atoms with Crippen molar-refractivity contribution in [2.45, 2.75) is 76.9 Å². The van der Waals surface area contributed by atoms with Gasteiger partial charge in [-0.2, -0.15) is 5.26 Å². The van der Waals surface area contributed by atoms with Gasteiger partial charge in [-0.05, 0) is 33.6 Å². The fourth-order valence-electron chi connectivity index (χ4n) is 2.36.